The third kappa shape index (κ3) is 2.59. The van der Waals surface area contributed by atoms with E-state index in [1.54, 1.807) is 0 Å². The number of hydrogen-bond donors (Lipinski definition) is 0. The number of furan rings is 1. The minimum Gasteiger partial charge on any atom is -0.489 e. The van der Waals surface area contributed by atoms with E-state index in [0.29, 0.717) is 6.61 Å². The van der Waals surface area contributed by atoms with Crippen LogP contribution in [0.1, 0.15) is 18.2 Å². The number of hydrogen-bond acceptors (Lipinski definition) is 2. The van der Waals surface area contributed by atoms with Gasteiger partial charge in [-0.2, -0.15) is 0 Å². The first kappa shape index (κ1) is 13.3. The van der Waals surface area contributed by atoms with Crippen LogP contribution >= 0.6 is 15.9 Å². The highest BCUT2D eigenvalue weighted by atomic mass is 79.9. The molecule has 0 aliphatic carbocycles. The summed E-state index contributed by atoms with van der Waals surface area (Å²) < 4.78 is 12.6. The lowest BCUT2D eigenvalue weighted by Gasteiger charge is -2.06. The van der Waals surface area contributed by atoms with Crippen LogP contribution in [-0.4, -0.2) is 0 Å². The monoisotopic (exact) mass is 330 g/mol. The first-order valence-corrected chi connectivity index (χ1v) is 7.45. The van der Waals surface area contributed by atoms with Crippen LogP contribution in [0.4, 0.5) is 0 Å². The fraction of sp³-hybridized carbons (Fsp3) is 0.176. The molecule has 1 aromatic heterocycles. The van der Waals surface area contributed by atoms with E-state index in [1.165, 1.54) is 0 Å². The van der Waals surface area contributed by atoms with E-state index < -0.39 is 0 Å². The Morgan fingerprint density at radius 3 is 2.65 bits per heavy atom. The Hall–Kier alpha value is -1.74. The smallest absolute Gasteiger partial charge is 0.135 e. The highest BCUT2D eigenvalue weighted by Crippen LogP contribution is 2.33. The second kappa shape index (κ2) is 5.71. The number of rotatable bonds is 4. The number of aryl methyl sites for hydroxylation is 1. The van der Waals surface area contributed by atoms with Gasteiger partial charge in [-0.25, -0.2) is 0 Å². The van der Waals surface area contributed by atoms with Gasteiger partial charge in [-0.1, -0.05) is 37.3 Å². The van der Waals surface area contributed by atoms with E-state index in [4.69, 9.17) is 9.15 Å². The standard InChI is InChI=1S/C17H15BrO2/c1-2-15-17(18)14-10-13(8-9-16(14)20-15)19-11-12-6-4-3-5-7-12/h3-10H,2,11H2,1H3. The van der Waals surface area contributed by atoms with Gasteiger partial charge in [0.05, 0.1) is 4.47 Å². The van der Waals surface area contributed by atoms with E-state index >= 15 is 0 Å². The lowest BCUT2D eigenvalue weighted by Crippen LogP contribution is -1.94. The minimum absolute atomic E-state index is 0.572. The van der Waals surface area contributed by atoms with Crippen molar-refractivity contribution < 1.29 is 9.15 Å². The topological polar surface area (TPSA) is 22.4 Å². The van der Waals surface area contributed by atoms with E-state index in [-0.39, 0.29) is 0 Å². The molecule has 2 aromatic carbocycles. The molecule has 102 valence electrons. The quantitative estimate of drug-likeness (QED) is 0.644. The molecule has 0 bridgehead atoms. The molecule has 2 nitrogen and oxygen atoms in total. The first-order valence-electron chi connectivity index (χ1n) is 6.65. The van der Waals surface area contributed by atoms with E-state index in [1.807, 2.05) is 36.4 Å². The van der Waals surface area contributed by atoms with Gasteiger partial charge >= 0.3 is 0 Å². The van der Waals surface area contributed by atoms with E-state index in [9.17, 15) is 0 Å². The molecule has 0 saturated carbocycles. The molecule has 3 rings (SSSR count). The largest absolute Gasteiger partial charge is 0.489 e. The van der Waals surface area contributed by atoms with Gasteiger partial charge in [-0.15, -0.1) is 0 Å². The molecule has 0 fully saturated rings. The number of halogens is 1. The molecule has 20 heavy (non-hydrogen) atoms. The first-order chi connectivity index (χ1) is 9.78. The fourth-order valence-electron chi connectivity index (χ4n) is 2.16. The minimum atomic E-state index is 0.572. The summed E-state index contributed by atoms with van der Waals surface area (Å²) in [5, 5.41) is 1.06. The number of ether oxygens (including phenoxy) is 1. The molecule has 0 aliphatic rings. The van der Waals surface area contributed by atoms with Gasteiger partial charge in [0.1, 0.15) is 23.7 Å². The van der Waals surface area contributed by atoms with Crippen molar-refractivity contribution in [2.75, 3.05) is 0 Å². The molecule has 0 aliphatic heterocycles. The van der Waals surface area contributed by atoms with Crippen LogP contribution in [0.3, 0.4) is 0 Å². The van der Waals surface area contributed by atoms with Gasteiger partial charge in [-0.3, -0.25) is 0 Å². The van der Waals surface area contributed by atoms with Crippen LogP contribution in [0.5, 0.6) is 5.75 Å². The van der Waals surface area contributed by atoms with Gasteiger partial charge in [0.15, 0.2) is 0 Å². The highest BCUT2D eigenvalue weighted by Gasteiger charge is 2.11. The summed E-state index contributed by atoms with van der Waals surface area (Å²) in [6.07, 6.45) is 0.871. The summed E-state index contributed by atoms with van der Waals surface area (Å²) in [5.74, 6) is 1.82. The molecule has 0 spiro atoms. The number of fused-ring (bicyclic) bond motifs is 1. The SMILES string of the molecule is CCc1oc2ccc(OCc3ccccc3)cc2c1Br. The summed E-state index contributed by atoms with van der Waals surface area (Å²) in [7, 11) is 0. The third-order valence-corrected chi connectivity index (χ3v) is 4.10. The summed E-state index contributed by atoms with van der Waals surface area (Å²) in [4.78, 5) is 0. The molecule has 0 amide bonds. The van der Waals surface area contributed by atoms with Crippen LogP contribution in [0.25, 0.3) is 11.0 Å². The van der Waals surface area contributed by atoms with Crippen molar-refractivity contribution in [2.45, 2.75) is 20.0 Å². The average molecular weight is 331 g/mol. The van der Waals surface area contributed by atoms with Crippen molar-refractivity contribution in [3.63, 3.8) is 0 Å². The maximum absolute atomic E-state index is 5.84. The summed E-state index contributed by atoms with van der Waals surface area (Å²) in [6, 6.07) is 16.1. The average Bonchev–Trinajstić information content (AvgIpc) is 2.82. The molecule has 0 N–H and O–H groups in total. The van der Waals surface area contributed by atoms with E-state index in [2.05, 4.69) is 35.0 Å². The van der Waals surface area contributed by atoms with Crippen LogP contribution in [0, 0.1) is 0 Å². The summed E-state index contributed by atoms with van der Waals surface area (Å²) >= 11 is 3.59. The molecule has 0 radical (unpaired) electrons. The predicted octanol–water partition coefficient (Wildman–Crippen LogP) is 5.34. The highest BCUT2D eigenvalue weighted by molar-refractivity contribution is 9.10. The third-order valence-electron chi connectivity index (χ3n) is 3.23. The maximum Gasteiger partial charge on any atom is 0.135 e. The molecule has 0 unspecified atom stereocenters. The molecular formula is C17H15BrO2. The zero-order valence-electron chi connectivity index (χ0n) is 11.2. The van der Waals surface area contributed by atoms with Crippen LogP contribution < -0.4 is 4.74 Å². The van der Waals surface area contributed by atoms with Crippen molar-refractivity contribution in [3.05, 3.63) is 64.3 Å². The second-order valence-electron chi connectivity index (χ2n) is 4.63. The summed E-state index contributed by atoms with van der Waals surface area (Å²) in [5.41, 5.74) is 2.05. The van der Waals surface area contributed by atoms with Crippen molar-refractivity contribution in [1.29, 1.82) is 0 Å². The predicted molar refractivity (Wildman–Crippen MR) is 84.1 cm³/mol. The lowest BCUT2D eigenvalue weighted by atomic mass is 10.2. The van der Waals surface area contributed by atoms with Crippen molar-refractivity contribution >= 4 is 26.9 Å². The molecule has 0 atom stereocenters. The normalized spacial score (nSPS) is 10.9. The molecule has 0 saturated heterocycles. The van der Waals surface area contributed by atoms with Gasteiger partial charge in [-0.05, 0) is 39.7 Å². The van der Waals surface area contributed by atoms with Gasteiger partial charge in [0, 0.05) is 11.8 Å². The number of benzene rings is 2. The molecular weight excluding hydrogens is 316 g/mol. The van der Waals surface area contributed by atoms with Gasteiger partial charge in [0.2, 0.25) is 0 Å². The molecule has 3 aromatic rings. The Morgan fingerprint density at radius 1 is 1.10 bits per heavy atom. The van der Waals surface area contributed by atoms with Crippen molar-refractivity contribution in [1.82, 2.24) is 0 Å². The Kier molecular flexibility index (Phi) is 3.79. The van der Waals surface area contributed by atoms with Crippen LogP contribution in [0.15, 0.2) is 57.4 Å². The van der Waals surface area contributed by atoms with Crippen LogP contribution in [0.2, 0.25) is 0 Å². The van der Waals surface area contributed by atoms with E-state index in [0.717, 1.165) is 38.9 Å². The molecule has 3 heteroatoms. The van der Waals surface area contributed by atoms with Gasteiger partial charge in [0.25, 0.3) is 0 Å². The lowest BCUT2D eigenvalue weighted by molar-refractivity contribution is 0.306. The maximum atomic E-state index is 5.84. The molecule has 1 heterocycles. The fourth-order valence-corrected chi connectivity index (χ4v) is 2.83. The Balaban J connectivity index is 1.84. The Bertz CT molecular complexity index is 716. The van der Waals surface area contributed by atoms with Crippen molar-refractivity contribution in [3.8, 4) is 5.75 Å². The van der Waals surface area contributed by atoms with Crippen molar-refractivity contribution in [2.24, 2.45) is 0 Å². The Morgan fingerprint density at radius 2 is 1.90 bits per heavy atom. The second-order valence-corrected chi connectivity index (χ2v) is 5.42. The zero-order chi connectivity index (χ0) is 13.9. The zero-order valence-corrected chi connectivity index (χ0v) is 12.8. The summed E-state index contributed by atoms with van der Waals surface area (Å²) in [6.45, 7) is 2.65. The van der Waals surface area contributed by atoms with Gasteiger partial charge < -0.3 is 9.15 Å². The van der Waals surface area contributed by atoms with Crippen LogP contribution in [-0.2, 0) is 13.0 Å². The Labute approximate surface area is 126 Å².